The van der Waals surface area contributed by atoms with Crippen LogP contribution in [0, 0.1) is 5.92 Å². The summed E-state index contributed by atoms with van der Waals surface area (Å²) < 4.78 is 0. The number of rotatable bonds is 5. The fraction of sp³-hybridized carbons (Fsp3) is 0.933. The molecule has 0 radical (unpaired) electrons. The van der Waals surface area contributed by atoms with Gasteiger partial charge in [-0.3, -0.25) is 9.69 Å². The van der Waals surface area contributed by atoms with Gasteiger partial charge in [0.25, 0.3) is 0 Å². The smallest absolute Gasteiger partial charge is 0.323 e. The lowest BCUT2D eigenvalue weighted by atomic mass is 9.97. The van der Waals surface area contributed by atoms with Gasteiger partial charge in [0.1, 0.15) is 5.54 Å². The molecule has 5 nitrogen and oxygen atoms in total. The lowest BCUT2D eigenvalue weighted by Crippen LogP contribution is -2.53. The molecule has 0 aromatic carbocycles. The molecule has 2 fully saturated rings. The molecule has 0 spiro atoms. The van der Waals surface area contributed by atoms with Crippen LogP contribution in [0.5, 0.6) is 0 Å². The predicted octanol–water partition coefficient (Wildman–Crippen LogP) is 0.855. The summed E-state index contributed by atoms with van der Waals surface area (Å²) in [5.74, 6) is 0.0259. The number of carboxylic acid groups (broad SMARTS) is 1. The van der Waals surface area contributed by atoms with Crippen molar-refractivity contribution in [3.63, 3.8) is 0 Å². The van der Waals surface area contributed by atoms with Crippen LogP contribution in [-0.4, -0.2) is 72.2 Å². The third-order valence-electron chi connectivity index (χ3n) is 4.92. The van der Waals surface area contributed by atoms with Crippen LogP contribution in [0.4, 0.5) is 0 Å². The molecule has 2 unspecified atom stereocenters. The topological polar surface area (TPSA) is 55.8 Å². The Morgan fingerprint density at radius 2 is 2.00 bits per heavy atom. The van der Waals surface area contributed by atoms with Gasteiger partial charge < -0.3 is 15.3 Å². The average Bonchev–Trinajstić information content (AvgIpc) is 2.85. The Labute approximate surface area is 122 Å². The largest absolute Gasteiger partial charge is 0.480 e. The fourth-order valence-electron chi connectivity index (χ4n) is 3.69. The monoisotopic (exact) mass is 283 g/mol. The molecule has 1 saturated carbocycles. The Hall–Kier alpha value is -0.650. The summed E-state index contributed by atoms with van der Waals surface area (Å²) in [5, 5.41) is 12.5. The second kappa shape index (κ2) is 6.41. The summed E-state index contributed by atoms with van der Waals surface area (Å²) in [6, 6.07) is 0.430. The van der Waals surface area contributed by atoms with Gasteiger partial charge in [-0.1, -0.05) is 13.8 Å². The highest BCUT2D eigenvalue weighted by molar-refractivity contribution is 5.79. The van der Waals surface area contributed by atoms with E-state index < -0.39 is 11.5 Å². The van der Waals surface area contributed by atoms with Crippen LogP contribution in [-0.2, 0) is 4.79 Å². The molecule has 1 heterocycles. The van der Waals surface area contributed by atoms with Crippen molar-refractivity contribution in [1.29, 1.82) is 0 Å². The first-order chi connectivity index (χ1) is 9.47. The molecule has 5 heteroatoms. The van der Waals surface area contributed by atoms with Crippen LogP contribution in [0.1, 0.15) is 33.1 Å². The van der Waals surface area contributed by atoms with Crippen LogP contribution in [0.3, 0.4) is 0 Å². The van der Waals surface area contributed by atoms with Gasteiger partial charge in [0, 0.05) is 38.8 Å². The van der Waals surface area contributed by atoms with Gasteiger partial charge in [0.05, 0.1) is 0 Å². The van der Waals surface area contributed by atoms with E-state index in [-0.39, 0.29) is 0 Å². The van der Waals surface area contributed by atoms with Crippen molar-refractivity contribution in [3.05, 3.63) is 0 Å². The Morgan fingerprint density at radius 1 is 1.35 bits per heavy atom. The van der Waals surface area contributed by atoms with E-state index in [0.717, 1.165) is 51.4 Å². The SMILES string of the molecule is CNC1(C(=O)O)CCC(N2CCN(CC(C)C)CC2)C1. The summed E-state index contributed by atoms with van der Waals surface area (Å²) in [5.41, 5.74) is -0.695. The zero-order chi connectivity index (χ0) is 14.8. The molecule has 2 N–H and O–H groups in total. The zero-order valence-corrected chi connectivity index (χ0v) is 13.1. The van der Waals surface area contributed by atoms with E-state index in [1.54, 1.807) is 7.05 Å². The van der Waals surface area contributed by atoms with E-state index in [2.05, 4.69) is 29.0 Å². The number of nitrogens with zero attached hydrogens (tertiary/aromatic N) is 2. The van der Waals surface area contributed by atoms with Gasteiger partial charge in [-0.05, 0) is 32.2 Å². The van der Waals surface area contributed by atoms with Crippen molar-refractivity contribution in [1.82, 2.24) is 15.1 Å². The zero-order valence-electron chi connectivity index (χ0n) is 13.1. The highest BCUT2D eigenvalue weighted by Crippen LogP contribution is 2.33. The number of hydrogen-bond acceptors (Lipinski definition) is 4. The molecule has 1 aliphatic carbocycles. The van der Waals surface area contributed by atoms with Gasteiger partial charge >= 0.3 is 5.97 Å². The summed E-state index contributed by atoms with van der Waals surface area (Å²) in [7, 11) is 1.77. The number of nitrogens with one attached hydrogen (secondary N) is 1. The normalized spacial score (nSPS) is 32.9. The van der Waals surface area contributed by atoms with Crippen LogP contribution >= 0.6 is 0 Å². The number of likely N-dealkylation sites (N-methyl/N-ethyl adjacent to an activating group) is 1. The quantitative estimate of drug-likeness (QED) is 0.783. The van der Waals surface area contributed by atoms with E-state index in [0.29, 0.717) is 6.04 Å². The van der Waals surface area contributed by atoms with Crippen LogP contribution in [0.2, 0.25) is 0 Å². The lowest BCUT2D eigenvalue weighted by Gasteiger charge is -2.39. The second-order valence-corrected chi connectivity index (χ2v) is 6.76. The number of carbonyl (C=O) groups is 1. The maximum atomic E-state index is 11.5. The van der Waals surface area contributed by atoms with Crippen LogP contribution < -0.4 is 5.32 Å². The number of carboxylic acids is 1. The van der Waals surface area contributed by atoms with Crippen molar-refractivity contribution < 1.29 is 9.90 Å². The number of aliphatic carboxylic acids is 1. The van der Waals surface area contributed by atoms with E-state index in [9.17, 15) is 9.90 Å². The molecular weight excluding hydrogens is 254 g/mol. The fourth-order valence-corrected chi connectivity index (χ4v) is 3.69. The van der Waals surface area contributed by atoms with Crippen LogP contribution in [0.25, 0.3) is 0 Å². The number of hydrogen-bond donors (Lipinski definition) is 2. The van der Waals surface area contributed by atoms with Crippen molar-refractivity contribution in [2.45, 2.75) is 44.7 Å². The molecule has 1 aliphatic heterocycles. The first-order valence-electron chi connectivity index (χ1n) is 7.85. The molecule has 0 amide bonds. The van der Waals surface area contributed by atoms with Crippen LogP contribution in [0.15, 0.2) is 0 Å². The minimum absolute atomic E-state index is 0.430. The van der Waals surface area contributed by atoms with Gasteiger partial charge in [-0.25, -0.2) is 0 Å². The van der Waals surface area contributed by atoms with Crippen molar-refractivity contribution in [2.24, 2.45) is 5.92 Å². The van der Waals surface area contributed by atoms with Gasteiger partial charge in [0.2, 0.25) is 0 Å². The Balaban J connectivity index is 1.85. The van der Waals surface area contributed by atoms with Gasteiger partial charge in [-0.2, -0.15) is 0 Å². The third kappa shape index (κ3) is 3.32. The highest BCUT2D eigenvalue weighted by Gasteiger charge is 2.46. The Kier molecular flexibility index (Phi) is 5.04. The van der Waals surface area contributed by atoms with Crippen molar-refractivity contribution in [3.8, 4) is 0 Å². The highest BCUT2D eigenvalue weighted by atomic mass is 16.4. The molecule has 0 aromatic heterocycles. The molecule has 20 heavy (non-hydrogen) atoms. The average molecular weight is 283 g/mol. The molecule has 2 atom stereocenters. The summed E-state index contributed by atoms with van der Waals surface area (Å²) >= 11 is 0. The molecular formula is C15H29N3O2. The van der Waals surface area contributed by atoms with E-state index in [1.807, 2.05) is 0 Å². The maximum absolute atomic E-state index is 11.5. The minimum Gasteiger partial charge on any atom is -0.480 e. The summed E-state index contributed by atoms with van der Waals surface area (Å²) in [4.78, 5) is 16.5. The van der Waals surface area contributed by atoms with Crippen molar-refractivity contribution in [2.75, 3.05) is 39.8 Å². The van der Waals surface area contributed by atoms with E-state index in [1.165, 1.54) is 6.54 Å². The minimum atomic E-state index is -0.695. The molecule has 2 aliphatic rings. The summed E-state index contributed by atoms with van der Waals surface area (Å²) in [6.07, 6.45) is 2.48. The van der Waals surface area contributed by atoms with Gasteiger partial charge in [-0.15, -0.1) is 0 Å². The Morgan fingerprint density at radius 3 is 2.45 bits per heavy atom. The molecule has 0 aromatic rings. The molecule has 2 rings (SSSR count). The van der Waals surface area contributed by atoms with E-state index in [4.69, 9.17) is 0 Å². The Bertz CT molecular complexity index is 340. The van der Waals surface area contributed by atoms with E-state index >= 15 is 0 Å². The molecule has 0 bridgehead atoms. The standard InChI is InChI=1S/C15H29N3O2/c1-12(2)11-17-6-8-18(9-7-17)13-4-5-15(10-13,16-3)14(19)20/h12-13,16H,4-11H2,1-3H3,(H,19,20). The lowest BCUT2D eigenvalue weighted by molar-refractivity contribution is -0.144. The third-order valence-corrected chi connectivity index (χ3v) is 4.92. The molecule has 1 saturated heterocycles. The second-order valence-electron chi connectivity index (χ2n) is 6.76. The van der Waals surface area contributed by atoms with Gasteiger partial charge in [0.15, 0.2) is 0 Å². The summed E-state index contributed by atoms with van der Waals surface area (Å²) in [6.45, 7) is 10.1. The number of piperazine rings is 1. The first kappa shape index (κ1) is 15.7. The maximum Gasteiger partial charge on any atom is 0.323 e. The predicted molar refractivity (Wildman–Crippen MR) is 79.9 cm³/mol. The first-order valence-corrected chi connectivity index (χ1v) is 7.85. The molecule has 116 valence electrons. The van der Waals surface area contributed by atoms with Crippen molar-refractivity contribution >= 4 is 5.97 Å².